The Hall–Kier alpha value is -2.85. The summed E-state index contributed by atoms with van der Waals surface area (Å²) in [5.41, 5.74) is 6.52. The van der Waals surface area contributed by atoms with Crippen molar-refractivity contribution in [2.75, 3.05) is 6.54 Å². The predicted octanol–water partition coefficient (Wildman–Crippen LogP) is 6.35. The first-order chi connectivity index (χ1) is 15.8. The summed E-state index contributed by atoms with van der Waals surface area (Å²) >= 11 is 0. The first kappa shape index (κ1) is 19.8. The molecule has 2 aliphatic rings. The topological polar surface area (TPSA) is 45.1 Å². The second-order valence-electron chi connectivity index (χ2n) is 9.51. The molecule has 1 N–H and O–H groups in total. The summed E-state index contributed by atoms with van der Waals surface area (Å²) in [6.07, 6.45) is 8.30. The van der Waals surface area contributed by atoms with E-state index in [1.165, 1.54) is 59.8 Å². The van der Waals surface area contributed by atoms with Gasteiger partial charge in [0.15, 0.2) is 5.89 Å². The zero-order valence-corrected chi connectivity index (χ0v) is 18.6. The minimum absolute atomic E-state index is 0.494. The van der Waals surface area contributed by atoms with Gasteiger partial charge in [-0.05, 0) is 36.5 Å². The molecule has 32 heavy (non-hydrogen) atoms. The number of aromatic nitrogens is 2. The highest BCUT2D eigenvalue weighted by Gasteiger charge is 2.26. The van der Waals surface area contributed by atoms with Crippen LogP contribution < -0.4 is 0 Å². The molecule has 164 valence electrons. The SMILES string of the molecule is c1ccc(Cc2nc(C3CCCCC3)oc2CN2CCc3c([nH]c4ccccc34)C2)cc1. The average Bonchev–Trinajstić information content (AvgIpc) is 3.41. The molecule has 4 heteroatoms. The van der Waals surface area contributed by atoms with Gasteiger partial charge >= 0.3 is 0 Å². The Balaban J connectivity index is 1.26. The fraction of sp³-hybridized carbons (Fsp3) is 0.393. The lowest BCUT2D eigenvalue weighted by atomic mass is 9.89. The number of benzene rings is 2. The van der Waals surface area contributed by atoms with Gasteiger partial charge < -0.3 is 9.40 Å². The number of hydrogen-bond acceptors (Lipinski definition) is 3. The molecule has 1 saturated carbocycles. The monoisotopic (exact) mass is 425 g/mol. The van der Waals surface area contributed by atoms with Crippen molar-refractivity contribution in [1.29, 1.82) is 0 Å². The number of nitrogens with zero attached hydrogens (tertiary/aromatic N) is 2. The maximum atomic E-state index is 6.51. The summed E-state index contributed by atoms with van der Waals surface area (Å²) in [7, 11) is 0. The Morgan fingerprint density at radius 2 is 1.78 bits per heavy atom. The van der Waals surface area contributed by atoms with Crippen molar-refractivity contribution in [3.8, 4) is 0 Å². The van der Waals surface area contributed by atoms with Crippen molar-refractivity contribution in [2.24, 2.45) is 0 Å². The van der Waals surface area contributed by atoms with Gasteiger partial charge in [-0.25, -0.2) is 4.98 Å². The third-order valence-electron chi connectivity index (χ3n) is 7.29. The molecule has 2 aromatic heterocycles. The summed E-state index contributed by atoms with van der Waals surface area (Å²) < 4.78 is 6.51. The maximum Gasteiger partial charge on any atom is 0.197 e. The molecule has 0 spiro atoms. The molecule has 1 aliphatic heterocycles. The van der Waals surface area contributed by atoms with Gasteiger partial charge in [-0.2, -0.15) is 0 Å². The van der Waals surface area contributed by atoms with Gasteiger partial charge in [-0.15, -0.1) is 0 Å². The molecule has 1 fully saturated rings. The first-order valence-electron chi connectivity index (χ1n) is 12.2. The van der Waals surface area contributed by atoms with Crippen LogP contribution in [0.4, 0.5) is 0 Å². The third-order valence-corrected chi connectivity index (χ3v) is 7.29. The zero-order valence-electron chi connectivity index (χ0n) is 18.6. The number of H-pyrrole nitrogens is 1. The van der Waals surface area contributed by atoms with Crippen LogP contribution in [0.5, 0.6) is 0 Å². The number of hydrogen-bond donors (Lipinski definition) is 1. The second kappa shape index (κ2) is 8.59. The van der Waals surface area contributed by atoms with Gasteiger partial charge in [0.2, 0.25) is 0 Å². The van der Waals surface area contributed by atoms with Gasteiger partial charge in [-0.3, -0.25) is 4.90 Å². The van der Waals surface area contributed by atoms with Crippen LogP contribution in [-0.4, -0.2) is 21.4 Å². The molecule has 2 aromatic carbocycles. The number of aromatic amines is 1. The Labute approximate surface area is 189 Å². The second-order valence-corrected chi connectivity index (χ2v) is 9.51. The summed E-state index contributed by atoms with van der Waals surface area (Å²) in [4.78, 5) is 11.2. The lowest BCUT2D eigenvalue weighted by molar-refractivity contribution is 0.218. The van der Waals surface area contributed by atoms with Crippen molar-refractivity contribution in [3.63, 3.8) is 0 Å². The number of fused-ring (bicyclic) bond motifs is 3. The molecule has 4 nitrogen and oxygen atoms in total. The van der Waals surface area contributed by atoms with Gasteiger partial charge in [0.25, 0.3) is 0 Å². The molecule has 0 atom stereocenters. The van der Waals surface area contributed by atoms with E-state index in [4.69, 9.17) is 9.40 Å². The molecule has 6 rings (SSSR count). The molecule has 0 unspecified atom stereocenters. The van der Waals surface area contributed by atoms with Crippen LogP contribution in [-0.2, 0) is 25.9 Å². The summed E-state index contributed by atoms with van der Waals surface area (Å²) in [5, 5.41) is 1.38. The number of rotatable bonds is 5. The van der Waals surface area contributed by atoms with Crippen molar-refractivity contribution in [3.05, 3.63) is 88.8 Å². The average molecular weight is 426 g/mol. The normalized spacial score (nSPS) is 17.6. The van der Waals surface area contributed by atoms with Crippen molar-refractivity contribution >= 4 is 10.9 Å². The van der Waals surface area contributed by atoms with Crippen molar-refractivity contribution in [2.45, 2.75) is 64.0 Å². The largest absolute Gasteiger partial charge is 0.444 e. The van der Waals surface area contributed by atoms with Gasteiger partial charge in [0.05, 0.1) is 12.2 Å². The molecule has 1 aliphatic carbocycles. The number of nitrogens with one attached hydrogen (secondary N) is 1. The van der Waals surface area contributed by atoms with E-state index in [0.29, 0.717) is 5.92 Å². The van der Waals surface area contributed by atoms with E-state index in [1.807, 2.05) is 0 Å². The molecular formula is C28H31N3O. The molecule has 0 bridgehead atoms. The summed E-state index contributed by atoms with van der Waals surface area (Å²) in [6, 6.07) is 19.4. The first-order valence-corrected chi connectivity index (χ1v) is 12.2. The lowest BCUT2D eigenvalue weighted by Gasteiger charge is -2.26. The summed E-state index contributed by atoms with van der Waals surface area (Å²) in [5.74, 6) is 2.54. The molecule has 0 radical (unpaired) electrons. The Kier molecular flexibility index (Phi) is 5.32. The third kappa shape index (κ3) is 3.88. The van der Waals surface area contributed by atoms with Crippen LogP contribution in [0.15, 0.2) is 59.0 Å². The summed E-state index contributed by atoms with van der Waals surface area (Å²) in [6.45, 7) is 2.82. The van der Waals surface area contributed by atoms with Crippen LogP contribution in [0, 0.1) is 0 Å². The molecule has 3 heterocycles. The smallest absolute Gasteiger partial charge is 0.197 e. The van der Waals surface area contributed by atoms with E-state index in [9.17, 15) is 0 Å². The predicted molar refractivity (Wildman–Crippen MR) is 128 cm³/mol. The lowest BCUT2D eigenvalue weighted by Crippen LogP contribution is -2.30. The Morgan fingerprint density at radius 3 is 2.66 bits per heavy atom. The highest BCUT2D eigenvalue weighted by molar-refractivity contribution is 5.84. The van der Waals surface area contributed by atoms with Crippen molar-refractivity contribution in [1.82, 2.24) is 14.9 Å². The minimum atomic E-state index is 0.494. The fourth-order valence-electron chi connectivity index (χ4n) is 5.57. The van der Waals surface area contributed by atoms with E-state index >= 15 is 0 Å². The van der Waals surface area contributed by atoms with Crippen molar-refractivity contribution < 1.29 is 4.42 Å². The molecule has 0 amide bonds. The highest BCUT2D eigenvalue weighted by atomic mass is 16.4. The Morgan fingerprint density at radius 1 is 0.969 bits per heavy atom. The fourth-order valence-corrected chi connectivity index (χ4v) is 5.57. The maximum absolute atomic E-state index is 6.51. The van der Waals surface area contributed by atoms with Gasteiger partial charge in [-0.1, -0.05) is 67.8 Å². The molecule has 0 saturated heterocycles. The van der Waals surface area contributed by atoms with Crippen LogP contribution >= 0.6 is 0 Å². The zero-order chi connectivity index (χ0) is 21.3. The highest BCUT2D eigenvalue weighted by Crippen LogP contribution is 2.34. The molecule has 4 aromatic rings. The number of para-hydroxylation sites is 1. The van der Waals surface area contributed by atoms with Crippen LogP contribution in [0.3, 0.4) is 0 Å². The van der Waals surface area contributed by atoms with E-state index in [0.717, 1.165) is 49.8 Å². The van der Waals surface area contributed by atoms with Crippen LogP contribution in [0.25, 0.3) is 10.9 Å². The van der Waals surface area contributed by atoms with Gasteiger partial charge in [0, 0.05) is 42.0 Å². The number of oxazole rings is 1. The Bertz CT molecular complexity index is 1200. The van der Waals surface area contributed by atoms with E-state index in [-0.39, 0.29) is 0 Å². The van der Waals surface area contributed by atoms with E-state index in [1.54, 1.807) is 0 Å². The van der Waals surface area contributed by atoms with E-state index < -0.39 is 0 Å². The molecular weight excluding hydrogens is 394 g/mol. The standard InChI is InChI=1S/C28H31N3O/c1-3-9-20(10-4-1)17-25-27(32-28(30-25)21-11-5-2-6-12-21)19-31-16-15-23-22-13-7-8-14-24(22)29-26(23)18-31/h1,3-4,7-10,13-14,21,29H,2,5-6,11-12,15-19H2. The van der Waals surface area contributed by atoms with Crippen LogP contribution in [0.2, 0.25) is 0 Å². The van der Waals surface area contributed by atoms with E-state index in [2.05, 4.69) is 64.5 Å². The van der Waals surface area contributed by atoms with Gasteiger partial charge in [0.1, 0.15) is 5.76 Å². The minimum Gasteiger partial charge on any atom is -0.444 e. The quantitative estimate of drug-likeness (QED) is 0.405. The van der Waals surface area contributed by atoms with Crippen LogP contribution in [0.1, 0.15) is 72.2 Å².